The minimum Gasteiger partial charge on any atom is -0.481 e. The molecule has 2 atom stereocenters. The van der Waals surface area contributed by atoms with E-state index in [1.165, 1.54) is 0 Å². The molecular formula is C20H19N3O4. The van der Waals surface area contributed by atoms with Gasteiger partial charge in [-0.25, -0.2) is 4.98 Å². The number of likely N-dealkylation sites (tertiary alicyclic amines) is 1. The van der Waals surface area contributed by atoms with E-state index >= 15 is 0 Å². The first kappa shape index (κ1) is 17.2. The van der Waals surface area contributed by atoms with Crippen LogP contribution in [0, 0.1) is 19.8 Å². The smallest absolute Gasteiger partial charge is 0.308 e. The van der Waals surface area contributed by atoms with Gasteiger partial charge >= 0.3 is 5.97 Å². The molecule has 0 aliphatic carbocycles. The van der Waals surface area contributed by atoms with Crippen LogP contribution in [-0.4, -0.2) is 45.1 Å². The summed E-state index contributed by atoms with van der Waals surface area (Å²) in [5.41, 5.74) is 2.95. The highest BCUT2D eigenvalue weighted by Crippen LogP contribution is 2.34. The third kappa shape index (κ3) is 2.95. The van der Waals surface area contributed by atoms with Crippen LogP contribution >= 0.6 is 0 Å². The van der Waals surface area contributed by atoms with Crippen molar-refractivity contribution in [2.24, 2.45) is 5.92 Å². The predicted octanol–water partition coefficient (Wildman–Crippen LogP) is 2.78. The molecule has 4 rings (SSSR count). The molecule has 0 spiro atoms. The molecule has 7 heteroatoms. The number of pyridine rings is 1. The molecule has 1 fully saturated rings. The van der Waals surface area contributed by atoms with Crippen LogP contribution in [-0.2, 0) is 4.79 Å². The van der Waals surface area contributed by atoms with E-state index in [-0.39, 0.29) is 18.4 Å². The van der Waals surface area contributed by atoms with Crippen LogP contribution in [0.15, 0.2) is 40.9 Å². The second-order valence-electron chi connectivity index (χ2n) is 6.93. The van der Waals surface area contributed by atoms with Crippen molar-refractivity contribution in [1.29, 1.82) is 0 Å². The van der Waals surface area contributed by atoms with Crippen LogP contribution in [0.2, 0.25) is 0 Å². The molecule has 138 valence electrons. The number of aryl methyl sites for hydroxylation is 2. The Morgan fingerprint density at radius 3 is 2.63 bits per heavy atom. The third-order valence-corrected chi connectivity index (χ3v) is 5.13. The highest BCUT2D eigenvalue weighted by molar-refractivity contribution is 6.06. The van der Waals surface area contributed by atoms with Crippen molar-refractivity contribution >= 4 is 23.0 Å². The number of hydrogen-bond donors (Lipinski definition) is 1. The molecule has 2 aromatic heterocycles. The van der Waals surface area contributed by atoms with Crippen molar-refractivity contribution in [2.75, 3.05) is 13.1 Å². The van der Waals surface area contributed by atoms with Gasteiger partial charge in [-0.1, -0.05) is 35.5 Å². The summed E-state index contributed by atoms with van der Waals surface area (Å²) in [5, 5.41) is 14.2. The predicted molar refractivity (Wildman–Crippen MR) is 97.5 cm³/mol. The maximum Gasteiger partial charge on any atom is 0.308 e. The zero-order valence-corrected chi connectivity index (χ0v) is 15.0. The normalized spacial score (nSPS) is 19.6. The molecule has 0 radical (unpaired) electrons. The summed E-state index contributed by atoms with van der Waals surface area (Å²) >= 11 is 0. The molecule has 1 aliphatic rings. The first-order valence-electron chi connectivity index (χ1n) is 8.76. The Morgan fingerprint density at radius 2 is 1.93 bits per heavy atom. The Bertz CT molecular complexity index is 1030. The number of amides is 1. The van der Waals surface area contributed by atoms with Crippen LogP contribution in [0.5, 0.6) is 0 Å². The monoisotopic (exact) mass is 365 g/mol. The molecular weight excluding hydrogens is 346 g/mol. The SMILES string of the molecule is Cc1cc(C(=O)N2C[C@H](C(=O)O)[C@H](c3ccccc3)C2)c2c(C)noc2n1. The lowest BCUT2D eigenvalue weighted by atomic mass is 9.89. The Morgan fingerprint density at radius 1 is 1.19 bits per heavy atom. The number of carboxylic acid groups (broad SMARTS) is 1. The largest absolute Gasteiger partial charge is 0.481 e. The van der Waals surface area contributed by atoms with E-state index in [0.717, 1.165) is 5.56 Å². The van der Waals surface area contributed by atoms with Gasteiger partial charge < -0.3 is 14.5 Å². The highest BCUT2D eigenvalue weighted by Gasteiger charge is 2.41. The molecule has 1 saturated heterocycles. The van der Waals surface area contributed by atoms with Crippen LogP contribution in [0.25, 0.3) is 11.1 Å². The van der Waals surface area contributed by atoms with Gasteiger partial charge in [0.2, 0.25) is 0 Å². The standard InChI is InChI=1S/C20H19N3O4/c1-11-8-14(17-12(2)22-27-18(17)21-11)19(24)23-9-15(16(10-23)20(25)26)13-6-4-3-5-7-13/h3-8,15-16H,9-10H2,1-2H3,(H,25,26)/t15-,16-/m0/s1. The summed E-state index contributed by atoms with van der Waals surface area (Å²) in [6.07, 6.45) is 0. The maximum atomic E-state index is 13.2. The fourth-order valence-corrected chi connectivity index (χ4v) is 3.81. The highest BCUT2D eigenvalue weighted by atomic mass is 16.5. The minimum atomic E-state index is -0.892. The molecule has 3 aromatic rings. The summed E-state index contributed by atoms with van der Waals surface area (Å²) in [7, 11) is 0. The van der Waals surface area contributed by atoms with E-state index in [9.17, 15) is 14.7 Å². The maximum absolute atomic E-state index is 13.2. The molecule has 0 bridgehead atoms. The molecule has 1 aliphatic heterocycles. The second-order valence-corrected chi connectivity index (χ2v) is 6.93. The summed E-state index contributed by atoms with van der Waals surface area (Å²) < 4.78 is 5.21. The number of benzene rings is 1. The zero-order chi connectivity index (χ0) is 19.1. The number of aliphatic carboxylic acids is 1. The fraction of sp³-hybridized carbons (Fsp3) is 0.300. The number of fused-ring (bicyclic) bond motifs is 1. The number of hydrogen-bond acceptors (Lipinski definition) is 5. The van der Waals surface area contributed by atoms with Crippen molar-refractivity contribution in [3.63, 3.8) is 0 Å². The molecule has 1 amide bonds. The average molecular weight is 365 g/mol. The Balaban J connectivity index is 1.71. The summed E-state index contributed by atoms with van der Waals surface area (Å²) in [6, 6.07) is 11.2. The summed E-state index contributed by atoms with van der Waals surface area (Å²) in [5.74, 6) is -1.99. The van der Waals surface area contributed by atoms with Crippen molar-refractivity contribution in [3.05, 3.63) is 58.9 Å². The van der Waals surface area contributed by atoms with Gasteiger partial charge in [-0.3, -0.25) is 9.59 Å². The van der Waals surface area contributed by atoms with Crippen LogP contribution in [0.3, 0.4) is 0 Å². The molecule has 0 unspecified atom stereocenters. The topological polar surface area (TPSA) is 96.5 Å². The molecule has 3 heterocycles. The van der Waals surface area contributed by atoms with Gasteiger partial charge in [0.15, 0.2) is 0 Å². The zero-order valence-electron chi connectivity index (χ0n) is 15.0. The second kappa shape index (κ2) is 6.50. The average Bonchev–Trinajstić information content (AvgIpc) is 3.26. The molecule has 1 N–H and O–H groups in total. The molecule has 1 aromatic carbocycles. The fourth-order valence-electron chi connectivity index (χ4n) is 3.81. The minimum absolute atomic E-state index is 0.168. The van der Waals surface area contributed by atoms with Crippen LogP contribution in [0.4, 0.5) is 0 Å². The molecule has 27 heavy (non-hydrogen) atoms. The van der Waals surface area contributed by atoms with E-state index in [0.29, 0.717) is 34.6 Å². The van der Waals surface area contributed by atoms with Crippen molar-refractivity contribution in [1.82, 2.24) is 15.0 Å². The van der Waals surface area contributed by atoms with Gasteiger partial charge in [0.1, 0.15) is 0 Å². The number of aromatic nitrogens is 2. The first-order valence-corrected chi connectivity index (χ1v) is 8.76. The van der Waals surface area contributed by atoms with Gasteiger partial charge in [0, 0.05) is 24.7 Å². The van der Waals surface area contributed by atoms with E-state index in [4.69, 9.17) is 4.52 Å². The third-order valence-electron chi connectivity index (χ3n) is 5.13. The van der Waals surface area contributed by atoms with Crippen molar-refractivity contribution in [3.8, 4) is 0 Å². The van der Waals surface area contributed by atoms with E-state index in [1.54, 1.807) is 24.8 Å². The Labute approximate surface area is 155 Å². The number of nitrogens with zero attached hydrogens (tertiary/aromatic N) is 3. The lowest BCUT2D eigenvalue weighted by Crippen LogP contribution is -2.30. The van der Waals surface area contributed by atoms with Crippen molar-refractivity contribution in [2.45, 2.75) is 19.8 Å². The summed E-state index contributed by atoms with van der Waals surface area (Å²) in [6.45, 7) is 4.06. The lowest BCUT2D eigenvalue weighted by molar-refractivity contribution is -0.141. The quantitative estimate of drug-likeness (QED) is 0.767. The van der Waals surface area contributed by atoms with Crippen molar-refractivity contribution < 1.29 is 19.2 Å². The molecule has 0 saturated carbocycles. The van der Waals surface area contributed by atoms with Gasteiger partial charge in [-0.15, -0.1) is 0 Å². The van der Waals surface area contributed by atoms with Crippen LogP contribution < -0.4 is 0 Å². The lowest BCUT2D eigenvalue weighted by Gasteiger charge is -2.17. The molecule has 7 nitrogen and oxygen atoms in total. The van der Waals surface area contributed by atoms with E-state index in [1.807, 2.05) is 30.3 Å². The summed E-state index contributed by atoms with van der Waals surface area (Å²) in [4.78, 5) is 30.9. The number of carbonyl (C=O) groups is 2. The van der Waals surface area contributed by atoms with Gasteiger partial charge in [-0.2, -0.15) is 0 Å². The van der Waals surface area contributed by atoms with E-state index in [2.05, 4.69) is 10.1 Å². The van der Waals surface area contributed by atoms with Gasteiger partial charge in [-0.05, 0) is 25.5 Å². The van der Waals surface area contributed by atoms with Crippen LogP contribution in [0.1, 0.15) is 33.2 Å². The number of rotatable bonds is 3. The van der Waals surface area contributed by atoms with Gasteiger partial charge in [0.25, 0.3) is 11.6 Å². The number of carbonyl (C=O) groups excluding carboxylic acids is 1. The Kier molecular flexibility index (Phi) is 4.14. The van der Waals surface area contributed by atoms with E-state index < -0.39 is 11.9 Å². The Hall–Kier alpha value is -3.22. The van der Waals surface area contributed by atoms with Gasteiger partial charge in [0.05, 0.1) is 22.6 Å². The first-order chi connectivity index (χ1) is 13.0. The number of carboxylic acids is 1.